The first-order valence-corrected chi connectivity index (χ1v) is 7.24. The Bertz CT molecular complexity index is 472. The number of methoxy groups -OCH3 is 2. The highest BCUT2D eigenvalue weighted by molar-refractivity contribution is 6.32. The van der Waals surface area contributed by atoms with Crippen molar-refractivity contribution in [1.82, 2.24) is 5.32 Å². The van der Waals surface area contributed by atoms with Crippen molar-refractivity contribution in [2.24, 2.45) is 0 Å². The van der Waals surface area contributed by atoms with Gasteiger partial charge in [-0.25, -0.2) is 0 Å². The second kappa shape index (κ2) is 8.18. The van der Waals surface area contributed by atoms with Gasteiger partial charge in [0.2, 0.25) is 0 Å². The van der Waals surface area contributed by atoms with Crippen LogP contribution >= 0.6 is 11.6 Å². The second-order valence-electron chi connectivity index (χ2n) is 4.80. The van der Waals surface area contributed by atoms with E-state index in [4.69, 9.17) is 21.1 Å². The predicted octanol–water partition coefficient (Wildman–Crippen LogP) is 4.15. The highest BCUT2D eigenvalue weighted by atomic mass is 35.5. The number of ether oxygens (including phenoxy) is 2. The molecule has 0 radical (unpaired) electrons. The van der Waals surface area contributed by atoms with Gasteiger partial charge in [-0.1, -0.05) is 30.2 Å². The van der Waals surface area contributed by atoms with Crippen LogP contribution < -0.4 is 14.8 Å². The Morgan fingerprint density at radius 3 is 2.60 bits per heavy atom. The Morgan fingerprint density at radius 2 is 2.05 bits per heavy atom. The third-order valence-corrected chi connectivity index (χ3v) is 3.51. The summed E-state index contributed by atoms with van der Waals surface area (Å²) in [5, 5.41) is 4.02. The molecule has 0 aliphatic rings. The molecule has 112 valence electrons. The molecule has 0 saturated carbocycles. The Kier molecular flexibility index (Phi) is 6.89. The zero-order valence-electron chi connectivity index (χ0n) is 12.9. The van der Waals surface area contributed by atoms with Crippen LogP contribution in [0.3, 0.4) is 0 Å². The van der Waals surface area contributed by atoms with Gasteiger partial charge in [-0.15, -0.1) is 0 Å². The lowest BCUT2D eigenvalue weighted by Crippen LogP contribution is -2.27. The summed E-state index contributed by atoms with van der Waals surface area (Å²) in [5.74, 6) is 1.22. The van der Waals surface area contributed by atoms with E-state index in [1.54, 1.807) is 14.2 Å². The Labute approximate surface area is 126 Å². The molecule has 1 rings (SSSR count). The van der Waals surface area contributed by atoms with Gasteiger partial charge in [-0.05, 0) is 44.5 Å². The zero-order valence-corrected chi connectivity index (χ0v) is 13.7. The van der Waals surface area contributed by atoms with Crippen LogP contribution in [0.15, 0.2) is 17.7 Å². The third kappa shape index (κ3) is 4.43. The van der Waals surface area contributed by atoms with Crippen molar-refractivity contribution in [3.05, 3.63) is 28.3 Å². The molecule has 0 fully saturated rings. The van der Waals surface area contributed by atoms with Crippen molar-refractivity contribution in [2.45, 2.75) is 33.2 Å². The molecule has 0 aliphatic heterocycles. The zero-order chi connectivity index (χ0) is 15.1. The normalized spacial score (nSPS) is 13.2. The van der Waals surface area contributed by atoms with Gasteiger partial charge in [-0.3, -0.25) is 0 Å². The molecule has 0 spiro atoms. The first-order valence-electron chi connectivity index (χ1n) is 6.86. The van der Waals surface area contributed by atoms with E-state index in [9.17, 15) is 0 Å². The fourth-order valence-electron chi connectivity index (χ4n) is 1.93. The van der Waals surface area contributed by atoms with Crippen LogP contribution in [-0.4, -0.2) is 26.8 Å². The fraction of sp³-hybridized carbons (Fsp3) is 0.500. The summed E-state index contributed by atoms with van der Waals surface area (Å²) in [6.07, 6.45) is 3.24. The molecule has 0 heterocycles. The monoisotopic (exact) mass is 297 g/mol. The summed E-state index contributed by atoms with van der Waals surface area (Å²) in [6.45, 7) is 7.44. The van der Waals surface area contributed by atoms with E-state index >= 15 is 0 Å². The molecule has 0 aromatic heterocycles. The first-order chi connectivity index (χ1) is 9.53. The van der Waals surface area contributed by atoms with E-state index in [0.717, 1.165) is 18.5 Å². The standard InChI is InChI=1S/C16H24ClNO2/c1-6-7-18-12(3)11(2)8-13-9-14(17)16(20-5)15(10-13)19-4/h8-10,12,18H,6-7H2,1-5H3/b11-8+. The Hall–Kier alpha value is -1.19. The number of benzene rings is 1. The van der Waals surface area contributed by atoms with Crippen molar-refractivity contribution in [1.29, 1.82) is 0 Å². The molecule has 0 amide bonds. The minimum atomic E-state index is 0.335. The average Bonchev–Trinajstić information content (AvgIpc) is 2.43. The summed E-state index contributed by atoms with van der Waals surface area (Å²) in [6, 6.07) is 4.15. The maximum absolute atomic E-state index is 6.21. The number of rotatable bonds is 7. The van der Waals surface area contributed by atoms with Crippen LogP contribution in [0.1, 0.15) is 32.8 Å². The molecule has 20 heavy (non-hydrogen) atoms. The lowest BCUT2D eigenvalue weighted by Gasteiger charge is -2.15. The molecule has 1 unspecified atom stereocenters. The molecule has 0 bridgehead atoms. The van der Waals surface area contributed by atoms with Crippen LogP contribution in [0.2, 0.25) is 5.02 Å². The lowest BCUT2D eigenvalue weighted by atomic mass is 10.1. The van der Waals surface area contributed by atoms with Gasteiger partial charge in [-0.2, -0.15) is 0 Å². The molecule has 4 heteroatoms. The maximum Gasteiger partial charge on any atom is 0.179 e. The van der Waals surface area contributed by atoms with E-state index in [1.165, 1.54) is 5.57 Å². The van der Waals surface area contributed by atoms with Crippen LogP contribution in [0.4, 0.5) is 0 Å². The molecule has 1 aromatic carbocycles. The molecule has 0 aliphatic carbocycles. The predicted molar refractivity (Wildman–Crippen MR) is 86.0 cm³/mol. The Morgan fingerprint density at radius 1 is 1.35 bits per heavy atom. The summed E-state index contributed by atoms with van der Waals surface area (Å²) >= 11 is 6.21. The van der Waals surface area contributed by atoms with Crippen molar-refractivity contribution < 1.29 is 9.47 Å². The van der Waals surface area contributed by atoms with Crippen LogP contribution in [0.25, 0.3) is 6.08 Å². The van der Waals surface area contributed by atoms with E-state index in [-0.39, 0.29) is 0 Å². The van der Waals surface area contributed by atoms with Crippen molar-refractivity contribution in [3.63, 3.8) is 0 Å². The largest absolute Gasteiger partial charge is 0.493 e. The molecular weight excluding hydrogens is 274 g/mol. The van der Waals surface area contributed by atoms with Gasteiger partial charge >= 0.3 is 0 Å². The Balaban J connectivity index is 2.99. The van der Waals surface area contributed by atoms with Crippen molar-refractivity contribution >= 4 is 17.7 Å². The fourth-order valence-corrected chi connectivity index (χ4v) is 2.23. The summed E-state index contributed by atoms with van der Waals surface area (Å²) in [5.41, 5.74) is 2.26. The second-order valence-corrected chi connectivity index (χ2v) is 5.21. The number of hydrogen-bond acceptors (Lipinski definition) is 3. The topological polar surface area (TPSA) is 30.5 Å². The maximum atomic E-state index is 6.21. The van der Waals surface area contributed by atoms with Crippen LogP contribution in [0.5, 0.6) is 11.5 Å². The van der Waals surface area contributed by atoms with E-state index < -0.39 is 0 Å². The SMILES string of the molecule is CCCNC(C)/C(C)=C/c1cc(Cl)c(OC)c(OC)c1. The smallest absolute Gasteiger partial charge is 0.179 e. The van der Waals surface area contributed by atoms with Crippen molar-refractivity contribution in [3.8, 4) is 11.5 Å². The quantitative estimate of drug-likeness (QED) is 0.820. The molecular formula is C16H24ClNO2. The molecule has 1 N–H and O–H groups in total. The van der Waals surface area contributed by atoms with E-state index in [1.807, 2.05) is 12.1 Å². The number of hydrogen-bond donors (Lipinski definition) is 1. The van der Waals surface area contributed by atoms with Gasteiger partial charge in [0.25, 0.3) is 0 Å². The number of nitrogens with one attached hydrogen (secondary N) is 1. The van der Waals surface area contributed by atoms with Crippen LogP contribution in [-0.2, 0) is 0 Å². The highest BCUT2D eigenvalue weighted by Crippen LogP contribution is 2.36. The van der Waals surface area contributed by atoms with Crippen molar-refractivity contribution in [2.75, 3.05) is 20.8 Å². The van der Waals surface area contributed by atoms with Gasteiger partial charge in [0.1, 0.15) is 0 Å². The molecule has 0 saturated heterocycles. The van der Waals surface area contributed by atoms with Gasteiger partial charge < -0.3 is 14.8 Å². The molecule has 3 nitrogen and oxygen atoms in total. The molecule has 1 aromatic rings. The minimum absolute atomic E-state index is 0.335. The third-order valence-electron chi connectivity index (χ3n) is 3.23. The number of halogens is 1. The van der Waals surface area contributed by atoms with E-state index in [0.29, 0.717) is 22.6 Å². The average molecular weight is 298 g/mol. The summed E-state index contributed by atoms with van der Waals surface area (Å²) < 4.78 is 10.5. The lowest BCUT2D eigenvalue weighted by molar-refractivity contribution is 0.355. The van der Waals surface area contributed by atoms with Gasteiger partial charge in [0.05, 0.1) is 19.2 Å². The van der Waals surface area contributed by atoms with Gasteiger partial charge in [0, 0.05) is 6.04 Å². The van der Waals surface area contributed by atoms with E-state index in [2.05, 4.69) is 32.2 Å². The summed E-state index contributed by atoms with van der Waals surface area (Å²) in [7, 11) is 3.20. The highest BCUT2D eigenvalue weighted by Gasteiger charge is 2.10. The van der Waals surface area contributed by atoms with Gasteiger partial charge in [0.15, 0.2) is 11.5 Å². The molecule has 1 atom stereocenters. The first kappa shape index (κ1) is 16.9. The minimum Gasteiger partial charge on any atom is -0.493 e. The summed E-state index contributed by atoms with van der Waals surface area (Å²) in [4.78, 5) is 0. The van der Waals surface area contributed by atoms with Crippen LogP contribution in [0, 0.1) is 0 Å².